The van der Waals surface area contributed by atoms with Crippen LogP contribution < -0.4 is 5.32 Å². The van der Waals surface area contributed by atoms with Crippen LogP contribution in [0.4, 0.5) is 0 Å². The first kappa shape index (κ1) is 7.56. The highest BCUT2D eigenvalue weighted by atomic mass is 14.8. The summed E-state index contributed by atoms with van der Waals surface area (Å²) in [7, 11) is 1.97. The van der Waals surface area contributed by atoms with E-state index in [1.807, 2.05) is 7.05 Å². The first-order valence-corrected chi connectivity index (χ1v) is 3.91. The van der Waals surface area contributed by atoms with Crippen molar-refractivity contribution in [1.82, 2.24) is 5.32 Å². The van der Waals surface area contributed by atoms with E-state index in [-0.39, 0.29) is 0 Å². The van der Waals surface area contributed by atoms with Gasteiger partial charge in [-0.25, -0.2) is 0 Å². The Morgan fingerprint density at radius 2 is 2.40 bits per heavy atom. The van der Waals surface area contributed by atoms with E-state index in [0.717, 1.165) is 25.3 Å². The Hall–Kier alpha value is -0.550. The fourth-order valence-electron chi connectivity index (χ4n) is 1.67. The van der Waals surface area contributed by atoms with Gasteiger partial charge in [-0.15, -0.1) is 0 Å². The lowest BCUT2D eigenvalue weighted by Gasteiger charge is -2.05. The third kappa shape index (κ3) is 1.71. The summed E-state index contributed by atoms with van der Waals surface area (Å²) in [6.45, 7) is 1.08. The molecule has 0 radical (unpaired) electrons. The van der Waals surface area contributed by atoms with Gasteiger partial charge in [-0.05, 0) is 38.8 Å². The Bertz CT molecular complexity index is 137. The van der Waals surface area contributed by atoms with Gasteiger partial charge in [-0.1, -0.05) is 0 Å². The molecule has 2 nitrogen and oxygen atoms in total. The number of nitriles is 1. The van der Waals surface area contributed by atoms with Crippen molar-refractivity contribution in [3.8, 4) is 6.07 Å². The molecule has 1 N–H and O–H groups in total. The second-order valence-electron chi connectivity index (χ2n) is 3.06. The summed E-state index contributed by atoms with van der Waals surface area (Å²) < 4.78 is 0. The second-order valence-corrected chi connectivity index (χ2v) is 3.06. The molecule has 1 saturated carbocycles. The smallest absolute Gasteiger partial charge is 0.0655 e. The Labute approximate surface area is 62.2 Å². The standard InChI is InChI=1S/C8H14N2/c1-10-6-8-3-2-7(4-8)5-9/h7-8,10H,2-4,6H2,1H3. The van der Waals surface area contributed by atoms with Crippen molar-refractivity contribution in [2.75, 3.05) is 13.6 Å². The van der Waals surface area contributed by atoms with E-state index in [9.17, 15) is 0 Å². The lowest BCUT2D eigenvalue weighted by Crippen LogP contribution is -2.16. The number of nitrogens with zero attached hydrogens (tertiary/aromatic N) is 1. The lowest BCUT2D eigenvalue weighted by atomic mass is 10.1. The normalized spacial score (nSPS) is 32.0. The molecule has 0 spiro atoms. The third-order valence-corrected chi connectivity index (χ3v) is 2.22. The zero-order valence-electron chi connectivity index (χ0n) is 6.43. The zero-order valence-corrected chi connectivity index (χ0v) is 6.43. The van der Waals surface area contributed by atoms with E-state index in [0.29, 0.717) is 5.92 Å². The van der Waals surface area contributed by atoms with Crippen LogP contribution in [0.25, 0.3) is 0 Å². The quantitative estimate of drug-likeness (QED) is 0.621. The van der Waals surface area contributed by atoms with Crippen LogP contribution in [0.5, 0.6) is 0 Å². The van der Waals surface area contributed by atoms with Crippen molar-refractivity contribution in [3.63, 3.8) is 0 Å². The summed E-state index contributed by atoms with van der Waals surface area (Å²) >= 11 is 0. The monoisotopic (exact) mass is 138 g/mol. The van der Waals surface area contributed by atoms with Gasteiger partial charge in [0.05, 0.1) is 6.07 Å². The van der Waals surface area contributed by atoms with Crippen LogP contribution in [-0.4, -0.2) is 13.6 Å². The molecule has 10 heavy (non-hydrogen) atoms. The molecule has 2 unspecified atom stereocenters. The highest BCUT2D eigenvalue weighted by Gasteiger charge is 2.23. The molecule has 0 aromatic heterocycles. The molecule has 0 bridgehead atoms. The van der Waals surface area contributed by atoms with E-state index in [2.05, 4.69) is 11.4 Å². The van der Waals surface area contributed by atoms with Gasteiger partial charge >= 0.3 is 0 Å². The molecular formula is C8H14N2. The third-order valence-electron chi connectivity index (χ3n) is 2.22. The Balaban J connectivity index is 2.23. The Morgan fingerprint density at radius 1 is 1.60 bits per heavy atom. The van der Waals surface area contributed by atoms with Gasteiger partial charge in [-0.2, -0.15) is 5.26 Å². The minimum absolute atomic E-state index is 0.346. The van der Waals surface area contributed by atoms with Crippen molar-refractivity contribution in [3.05, 3.63) is 0 Å². The summed E-state index contributed by atoms with van der Waals surface area (Å²) in [6, 6.07) is 2.32. The lowest BCUT2D eigenvalue weighted by molar-refractivity contribution is 0.505. The maximum atomic E-state index is 8.58. The molecule has 1 rings (SSSR count). The van der Waals surface area contributed by atoms with Crippen molar-refractivity contribution in [1.29, 1.82) is 5.26 Å². The number of hydrogen-bond donors (Lipinski definition) is 1. The predicted molar refractivity (Wildman–Crippen MR) is 40.4 cm³/mol. The van der Waals surface area contributed by atoms with Crippen LogP contribution >= 0.6 is 0 Å². The van der Waals surface area contributed by atoms with Crippen LogP contribution in [0.3, 0.4) is 0 Å². The zero-order chi connectivity index (χ0) is 7.40. The van der Waals surface area contributed by atoms with Crippen molar-refractivity contribution < 1.29 is 0 Å². The molecule has 2 heteroatoms. The molecule has 0 amide bonds. The fourth-order valence-corrected chi connectivity index (χ4v) is 1.67. The predicted octanol–water partition coefficient (Wildman–Crippen LogP) is 1.15. The van der Waals surface area contributed by atoms with Crippen LogP contribution in [0.1, 0.15) is 19.3 Å². The van der Waals surface area contributed by atoms with Crippen molar-refractivity contribution in [2.24, 2.45) is 11.8 Å². The van der Waals surface area contributed by atoms with E-state index in [1.165, 1.54) is 6.42 Å². The first-order valence-electron chi connectivity index (χ1n) is 3.91. The van der Waals surface area contributed by atoms with Gasteiger partial charge < -0.3 is 5.32 Å². The van der Waals surface area contributed by atoms with E-state index >= 15 is 0 Å². The summed E-state index contributed by atoms with van der Waals surface area (Å²) in [5.41, 5.74) is 0. The molecule has 1 fully saturated rings. The Kier molecular flexibility index (Phi) is 2.70. The molecule has 1 aliphatic carbocycles. The largest absolute Gasteiger partial charge is 0.319 e. The molecule has 1 aliphatic rings. The van der Waals surface area contributed by atoms with Crippen LogP contribution in [0.2, 0.25) is 0 Å². The molecule has 0 aromatic rings. The average molecular weight is 138 g/mol. The van der Waals surface area contributed by atoms with E-state index < -0.39 is 0 Å². The fraction of sp³-hybridized carbons (Fsp3) is 0.875. The van der Waals surface area contributed by atoms with Gasteiger partial charge in [0.2, 0.25) is 0 Å². The summed E-state index contributed by atoms with van der Waals surface area (Å²) in [5.74, 6) is 1.10. The second kappa shape index (κ2) is 3.58. The molecule has 56 valence electrons. The molecule has 0 aromatic carbocycles. The van der Waals surface area contributed by atoms with E-state index in [4.69, 9.17) is 5.26 Å². The average Bonchev–Trinajstić information content (AvgIpc) is 2.37. The first-order chi connectivity index (χ1) is 4.86. The van der Waals surface area contributed by atoms with Crippen molar-refractivity contribution >= 4 is 0 Å². The molecular weight excluding hydrogens is 124 g/mol. The van der Waals surface area contributed by atoms with E-state index in [1.54, 1.807) is 0 Å². The minimum atomic E-state index is 0.346. The molecule has 0 saturated heterocycles. The van der Waals surface area contributed by atoms with Gasteiger partial charge in [0, 0.05) is 5.92 Å². The molecule has 2 atom stereocenters. The topological polar surface area (TPSA) is 35.8 Å². The van der Waals surface area contributed by atoms with Crippen molar-refractivity contribution in [2.45, 2.75) is 19.3 Å². The van der Waals surface area contributed by atoms with Crippen LogP contribution in [0.15, 0.2) is 0 Å². The SMILES string of the molecule is CNCC1CCC(C#N)C1. The number of hydrogen-bond acceptors (Lipinski definition) is 2. The summed E-state index contributed by atoms with van der Waals surface area (Å²) in [4.78, 5) is 0. The Morgan fingerprint density at radius 3 is 2.90 bits per heavy atom. The summed E-state index contributed by atoms with van der Waals surface area (Å²) in [5, 5.41) is 11.7. The molecule has 0 aliphatic heterocycles. The van der Waals surface area contributed by atoms with Crippen LogP contribution in [-0.2, 0) is 0 Å². The highest BCUT2D eigenvalue weighted by molar-refractivity contribution is 4.90. The maximum Gasteiger partial charge on any atom is 0.0655 e. The maximum absolute atomic E-state index is 8.58. The summed E-state index contributed by atoms with van der Waals surface area (Å²) in [6.07, 6.45) is 3.46. The molecule has 0 heterocycles. The van der Waals surface area contributed by atoms with Crippen LogP contribution in [0, 0.1) is 23.2 Å². The van der Waals surface area contributed by atoms with Gasteiger partial charge in [0.15, 0.2) is 0 Å². The van der Waals surface area contributed by atoms with Gasteiger partial charge in [-0.3, -0.25) is 0 Å². The minimum Gasteiger partial charge on any atom is -0.319 e. The highest BCUT2D eigenvalue weighted by Crippen LogP contribution is 2.29. The number of nitrogens with one attached hydrogen (secondary N) is 1. The van der Waals surface area contributed by atoms with Gasteiger partial charge in [0.25, 0.3) is 0 Å². The van der Waals surface area contributed by atoms with Gasteiger partial charge in [0.1, 0.15) is 0 Å². The number of rotatable bonds is 2.